The maximum absolute atomic E-state index is 9.88. The molecular formula is C5H11O7P. The second-order valence-electron chi connectivity index (χ2n) is 1.90. The van der Waals surface area contributed by atoms with Gasteiger partial charge in [-0.05, 0) is 0 Å². The second-order valence-corrected chi connectivity index (χ2v) is 2.92. The van der Waals surface area contributed by atoms with Gasteiger partial charge in [-0.1, -0.05) is 6.58 Å². The lowest BCUT2D eigenvalue weighted by Crippen LogP contribution is -2.00. The van der Waals surface area contributed by atoms with Gasteiger partial charge in [0.2, 0.25) is 0 Å². The van der Waals surface area contributed by atoms with Crippen LogP contribution in [0.1, 0.15) is 6.42 Å². The molecule has 13 heavy (non-hydrogen) atoms. The van der Waals surface area contributed by atoms with Crippen molar-refractivity contribution in [2.75, 3.05) is 6.61 Å². The Hall–Kier alpha value is -0.720. The van der Waals surface area contributed by atoms with Gasteiger partial charge in [-0.3, -0.25) is 0 Å². The Bertz CT molecular complexity index is 209. The summed E-state index contributed by atoms with van der Waals surface area (Å²) in [6.07, 6.45) is 0.148. The molecule has 0 rings (SSSR count). The zero-order valence-corrected chi connectivity index (χ0v) is 7.52. The van der Waals surface area contributed by atoms with Crippen molar-refractivity contribution in [2.45, 2.75) is 6.42 Å². The van der Waals surface area contributed by atoms with Crippen LogP contribution in [-0.2, 0) is 9.36 Å². The van der Waals surface area contributed by atoms with Crippen LogP contribution in [0.2, 0.25) is 0 Å². The zero-order chi connectivity index (χ0) is 11.1. The number of hydrogen-bond acceptors (Lipinski definition) is 3. The Labute approximate surface area is 74.2 Å². The Balaban J connectivity index is 0. The molecular weight excluding hydrogens is 203 g/mol. The van der Waals surface area contributed by atoms with E-state index in [-0.39, 0.29) is 18.6 Å². The molecule has 0 fully saturated rings. The maximum Gasteiger partial charge on any atom is 0.466 e. The quantitative estimate of drug-likeness (QED) is 0.303. The van der Waals surface area contributed by atoms with Gasteiger partial charge in [-0.2, -0.15) is 0 Å². The number of aliphatic carboxylic acids is 1. The summed E-state index contributed by atoms with van der Waals surface area (Å²) in [5.41, 5.74) is 0.0486. The molecule has 8 heteroatoms. The molecule has 78 valence electrons. The van der Waals surface area contributed by atoms with Crippen molar-refractivity contribution in [2.24, 2.45) is 0 Å². The lowest BCUT2D eigenvalue weighted by molar-refractivity contribution is -0.132. The summed E-state index contributed by atoms with van der Waals surface area (Å²) in [5, 5.41) is 16.3. The molecule has 0 saturated carbocycles. The third-order valence-electron chi connectivity index (χ3n) is 0.716. The molecule has 0 aliphatic rings. The van der Waals surface area contributed by atoms with Crippen molar-refractivity contribution < 1.29 is 34.3 Å². The van der Waals surface area contributed by atoms with E-state index in [1.807, 2.05) is 0 Å². The predicted octanol–water partition coefficient (Wildman–Crippen LogP) is -0.919. The fourth-order valence-corrected chi connectivity index (χ4v) is 0.242. The molecule has 0 aromatic heterocycles. The van der Waals surface area contributed by atoms with Crippen molar-refractivity contribution in [3.8, 4) is 0 Å². The van der Waals surface area contributed by atoms with E-state index in [1.54, 1.807) is 0 Å². The van der Waals surface area contributed by atoms with Gasteiger partial charge in [-0.15, -0.1) is 0 Å². The number of carbonyl (C=O) groups is 1. The Kier molecular flexibility index (Phi) is 7.69. The third kappa shape index (κ3) is 24.6. The summed E-state index contributed by atoms with van der Waals surface area (Å²) < 4.78 is 8.88. The molecule has 0 aromatic carbocycles. The first-order chi connectivity index (χ1) is 5.68. The van der Waals surface area contributed by atoms with E-state index in [9.17, 15) is 4.79 Å². The fourth-order valence-electron chi connectivity index (χ4n) is 0.242. The molecule has 0 aliphatic heterocycles. The number of carboxylic acid groups (broad SMARTS) is 1. The van der Waals surface area contributed by atoms with Crippen LogP contribution in [0.4, 0.5) is 0 Å². The summed E-state index contributed by atoms with van der Waals surface area (Å²) in [7, 11) is -4.64. The largest absolute Gasteiger partial charge is 0.478 e. The fraction of sp³-hybridized carbons (Fsp3) is 0.400. The number of carboxylic acids is 1. The van der Waals surface area contributed by atoms with Crippen molar-refractivity contribution in [1.82, 2.24) is 0 Å². The van der Waals surface area contributed by atoms with E-state index in [0.29, 0.717) is 0 Å². The van der Waals surface area contributed by atoms with Crippen LogP contribution >= 0.6 is 7.82 Å². The average Bonchev–Trinajstić information content (AvgIpc) is 1.84. The van der Waals surface area contributed by atoms with E-state index in [2.05, 4.69) is 6.58 Å². The van der Waals surface area contributed by atoms with Gasteiger partial charge in [0.1, 0.15) is 0 Å². The normalized spacial score (nSPS) is 9.85. The van der Waals surface area contributed by atoms with E-state index in [4.69, 9.17) is 29.5 Å². The maximum atomic E-state index is 9.88. The predicted molar refractivity (Wildman–Crippen MR) is 42.7 cm³/mol. The Morgan fingerprint density at radius 2 is 1.62 bits per heavy atom. The first-order valence-corrected chi connectivity index (χ1v) is 4.55. The van der Waals surface area contributed by atoms with Gasteiger partial charge in [-0.25, -0.2) is 9.36 Å². The molecule has 0 amide bonds. The van der Waals surface area contributed by atoms with Gasteiger partial charge in [0.05, 0.1) is 0 Å². The number of aliphatic hydroxyl groups excluding tert-OH is 1. The average molecular weight is 214 g/mol. The van der Waals surface area contributed by atoms with Gasteiger partial charge >= 0.3 is 13.8 Å². The molecule has 7 nitrogen and oxygen atoms in total. The van der Waals surface area contributed by atoms with Gasteiger partial charge < -0.3 is 24.9 Å². The van der Waals surface area contributed by atoms with Crippen molar-refractivity contribution in [3.63, 3.8) is 0 Å². The number of phosphoric acid groups is 1. The van der Waals surface area contributed by atoms with Crippen LogP contribution in [0.5, 0.6) is 0 Å². The first kappa shape index (κ1) is 14.8. The number of aliphatic hydroxyl groups is 1. The second kappa shape index (κ2) is 6.76. The molecule has 5 N–H and O–H groups in total. The molecule has 0 spiro atoms. The standard InChI is InChI=1S/C5H8O3.H3O4P/c1-4(2-3-6)5(7)8;1-5(2,3)4/h6H,1-3H2,(H,7,8);(H3,1,2,3,4). The molecule has 0 radical (unpaired) electrons. The van der Waals surface area contributed by atoms with Crippen LogP contribution in [0.3, 0.4) is 0 Å². The SMILES string of the molecule is C=C(CCO)C(=O)O.O=P(O)(O)O. The Morgan fingerprint density at radius 1 is 1.31 bits per heavy atom. The minimum atomic E-state index is -4.64. The van der Waals surface area contributed by atoms with Gasteiger partial charge in [0.25, 0.3) is 0 Å². The minimum Gasteiger partial charge on any atom is -0.478 e. The van der Waals surface area contributed by atoms with E-state index < -0.39 is 13.8 Å². The summed E-state index contributed by atoms with van der Waals surface area (Å²) in [4.78, 5) is 31.4. The monoisotopic (exact) mass is 214 g/mol. The van der Waals surface area contributed by atoms with Crippen molar-refractivity contribution in [1.29, 1.82) is 0 Å². The highest BCUT2D eigenvalue weighted by molar-refractivity contribution is 7.45. The Morgan fingerprint density at radius 3 is 1.69 bits per heavy atom. The van der Waals surface area contributed by atoms with E-state index in [1.165, 1.54) is 0 Å². The van der Waals surface area contributed by atoms with Crippen LogP contribution in [0, 0.1) is 0 Å². The molecule has 0 heterocycles. The van der Waals surface area contributed by atoms with Crippen molar-refractivity contribution in [3.05, 3.63) is 12.2 Å². The third-order valence-corrected chi connectivity index (χ3v) is 0.716. The smallest absolute Gasteiger partial charge is 0.466 e. The topological polar surface area (TPSA) is 135 Å². The molecule has 0 aromatic rings. The zero-order valence-electron chi connectivity index (χ0n) is 6.62. The van der Waals surface area contributed by atoms with Crippen LogP contribution in [-0.4, -0.2) is 37.5 Å². The van der Waals surface area contributed by atoms with Gasteiger partial charge in [0, 0.05) is 18.6 Å². The molecule has 0 saturated heterocycles. The number of rotatable bonds is 3. The minimum absolute atomic E-state index is 0.0486. The van der Waals surface area contributed by atoms with Gasteiger partial charge in [0.15, 0.2) is 0 Å². The highest BCUT2D eigenvalue weighted by Gasteiger charge is 2.00. The molecule has 0 atom stereocenters. The van der Waals surface area contributed by atoms with E-state index >= 15 is 0 Å². The number of hydrogen-bond donors (Lipinski definition) is 5. The van der Waals surface area contributed by atoms with Crippen LogP contribution in [0.25, 0.3) is 0 Å². The summed E-state index contributed by atoms with van der Waals surface area (Å²) in [6.45, 7) is 3.04. The molecule has 0 bridgehead atoms. The highest BCUT2D eigenvalue weighted by atomic mass is 31.2. The highest BCUT2D eigenvalue weighted by Crippen LogP contribution is 2.25. The first-order valence-electron chi connectivity index (χ1n) is 2.98. The molecule has 0 unspecified atom stereocenters. The summed E-state index contributed by atoms with van der Waals surface area (Å²) >= 11 is 0. The van der Waals surface area contributed by atoms with Crippen LogP contribution in [0.15, 0.2) is 12.2 Å². The van der Waals surface area contributed by atoms with Crippen molar-refractivity contribution >= 4 is 13.8 Å². The lowest BCUT2D eigenvalue weighted by atomic mass is 10.2. The lowest BCUT2D eigenvalue weighted by Gasteiger charge is -1.91. The molecule has 0 aliphatic carbocycles. The summed E-state index contributed by atoms with van der Waals surface area (Å²) in [6, 6.07) is 0. The summed E-state index contributed by atoms with van der Waals surface area (Å²) in [5.74, 6) is -1.04. The van der Waals surface area contributed by atoms with E-state index in [0.717, 1.165) is 0 Å². The van der Waals surface area contributed by atoms with Crippen LogP contribution < -0.4 is 0 Å².